The van der Waals surface area contributed by atoms with Crippen LogP contribution in [-0.2, 0) is 16.1 Å². The first-order valence-electron chi connectivity index (χ1n) is 9.78. The number of esters is 1. The molecule has 8 heteroatoms. The van der Waals surface area contributed by atoms with Gasteiger partial charge in [-0.15, -0.1) is 0 Å². The predicted molar refractivity (Wildman–Crippen MR) is 119 cm³/mol. The molecule has 0 aliphatic heterocycles. The normalized spacial score (nSPS) is 10.3. The first-order valence-corrected chi connectivity index (χ1v) is 9.78. The highest BCUT2D eigenvalue weighted by atomic mass is 19.1. The number of carbonyl (C=O) groups is 3. The second-order valence-electron chi connectivity index (χ2n) is 7.07. The molecule has 2 amide bonds. The van der Waals surface area contributed by atoms with Gasteiger partial charge in [-0.05, 0) is 42.8 Å². The van der Waals surface area contributed by atoms with Gasteiger partial charge in [0.25, 0.3) is 11.8 Å². The molecule has 0 spiro atoms. The number of halogens is 1. The number of hydrogen-bond donors (Lipinski definition) is 3. The van der Waals surface area contributed by atoms with Gasteiger partial charge in [0.1, 0.15) is 5.82 Å². The number of nitrogens with one attached hydrogen (secondary N) is 2. The minimum Gasteiger partial charge on any atom is -0.452 e. The zero-order chi connectivity index (χ0) is 23.1. The summed E-state index contributed by atoms with van der Waals surface area (Å²) in [7, 11) is 0. The second kappa shape index (κ2) is 10.2. The number of hydrogen-bond acceptors (Lipinski definition) is 5. The van der Waals surface area contributed by atoms with Crippen molar-refractivity contribution in [2.45, 2.75) is 13.5 Å². The highest BCUT2D eigenvalue weighted by molar-refractivity contribution is 6.04. The Hall–Kier alpha value is -4.20. The van der Waals surface area contributed by atoms with Crippen molar-refractivity contribution in [2.75, 3.05) is 17.7 Å². The molecule has 3 aromatic rings. The van der Waals surface area contributed by atoms with Crippen molar-refractivity contribution in [2.24, 2.45) is 0 Å². The van der Waals surface area contributed by atoms with Gasteiger partial charge >= 0.3 is 5.97 Å². The molecule has 0 heterocycles. The van der Waals surface area contributed by atoms with Crippen LogP contribution in [0.5, 0.6) is 0 Å². The third kappa shape index (κ3) is 5.91. The molecule has 0 aliphatic carbocycles. The van der Waals surface area contributed by atoms with E-state index in [4.69, 9.17) is 10.5 Å². The number of carbonyl (C=O) groups excluding carboxylic acids is 3. The fourth-order valence-electron chi connectivity index (χ4n) is 2.89. The summed E-state index contributed by atoms with van der Waals surface area (Å²) in [5.74, 6) is -2.45. The fourth-order valence-corrected chi connectivity index (χ4v) is 2.89. The van der Waals surface area contributed by atoms with Crippen LogP contribution in [0.15, 0.2) is 66.7 Å². The summed E-state index contributed by atoms with van der Waals surface area (Å²) in [5, 5.41) is 5.37. The van der Waals surface area contributed by atoms with Crippen molar-refractivity contribution < 1.29 is 23.5 Å². The third-order valence-electron chi connectivity index (χ3n) is 4.59. The third-order valence-corrected chi connectivity index (χ3v) is 4.59. The van der Waals surface area contributed by atoms with Crippen molar-refractivity contribution in [1.82, 2.24) is 5.32 Å². The maximum Gasteiger partial charge on any atom is 0.340 e. The Bertz CT molecular complexity index is 1150. The molecule has 0 unspecified atom stereocenters. The number of para-hydroxylation sites is 1. The van der Waals surface area contributed by atoms with Crippen LogP contribution < -0.4 is 16.4 Å². The number of nitrogen functional groups attached to an aromatic ring is 1. The molecular weight excluding hydrogens is 413 g/mol. The number of amides is 2. The van der Waals surface area contributed by atoms with Crippen LogP contribution in [0.1, 0.15) is 31.8 Å². The van der Waals surface area contributed by atoms with Crippen LogP contribution in [-0.4, -0.2) is 24.4 Å². The minimum absolute atomic E-state index is 0.0462. The summed E-state index contributed by atoms with van der Waals surface area (Å²) in [6, 6.07) is 17.5. The summed E-state index contributed by atoms with van der Waals surface area (Å²) in [4.78, 5) is 37.0. The number of benzene rings is 3. The largest absolute Gasteiger partial charge is 0.452 e. The Morgan fingerprint density at radius 1 is 0.969 bits per heavy atom. The lowest BCUT2D eigenvalue weighted by Gasteiger charge is -2.12. The molecule has 0 saturated carbocycles. The molecule has 7 nitrogen and oxygen atoms in total. The van der Waals surface area contributed by atoms with Crippen LogP contribution in [0.4, 0.5) is 15.8 Å². The monoisotopic (exact) mass is 435 g/mol. The predicted octanol–water partition coefficient (Wildman–Crippen LogP) is 3.44. The Kier molecular flexibility index (Phi) is 7.17. The second-order valence-corrected chi connectivity index (χ2v) is 7.07. The zero-order valence-corrected chi connectivity index (χ0v) is 17.4. The van der Waals surface area contributed by atoms with Crippen LogP contribution in [0.2, 0.25) is 0 Å². The Labute approximate surface area is 184 Å². The minimum atomic E-state index is -0.859. The molecule has 0 aliphatic rings. The topological polar surface area (TPSA) is 111 Å². The Balaban J connectivity index is 1.58. The van der Waals surface area contributed by atoms with Gasteiger partial charge in [0.15, 0.2) is 6.61 Å². The van der Waals surface area contributed by atoms with E-state index in [-0.39, 0.29) is 28.4 Å². The summed E-state index contributed by atoms with van der Waals surface area (Å²) in [6.45, 7) is 1.71. The summed E-state index contributed by atoms with van der Waals surface area (Å²) in [6.07, 6.45) is 0. The van der Waals surface area contributed by atoms with Gasteiger partial charge in [0.2, 0.25) is 0 Å². The van der Waals surface area contributed by atoms with Crippen molar-refractivity contribution in [1.29, 1.82) is 0 Å². The maximum absolute atomic E-state index is 13.1. The van der Waals surface area contributed by atoms with Crippen molar-refractivity contribution in [3.63, 3.8) is 0 Å². The molecule has 4 N–H and O–H groups in total. The average Bonchev–Trinajstić information content (AvgIpc) is 2.77. The zero-order valence-electron chi connectivity index (χ0n) is 17.4. The van der Waals surface area contributed by atoms with E-state index in [9.17, 15) is 18.8 Å². The van der Waals surface area contributed by atoms with Crippen LogP contribution >= 0.6 is 0 Å². The van der Waals surface area contributed by atoms with Crippen LogP contribution in [0, 0.1) is 12.7 Å². The maximum atomic E-state index is 13.1. The van der Waals surface area contributed by atoms with E-state index in [1.165, 1.54) is 6.07 Å². The molecule has 0 bridgehead atoms. The van der Waals surface area contributed by atoms with E-state index in [2.05, 4.69) is 10.6 Å². The molecular formula is C24H22FN3O4. The Morgan fingerprint density at radius 2 is 1.69 bits per heavy atom. The first-order chi connectivity index (χ1) is 15.3. The number of ether oxygens (including phenoxy) is 1. The summed E-state index contributed by atoms with van der Waals surface area (Å²) >= 11 is 0. The van der Waals surface area contributed by atoms with Gasteiger partial charge in [-0.3, -0.25) is 9.59 Å². The van der Waals surface area contributed by atoms with Crippen LogP contribution in [0.25, 0.3) is 0 Å². The van der Waals surface area contributed by atoms with Gasteiger partial charge in [-0.2, -0.15) is 0 Å². The molecule has 0 aromatic heterocycles. The lowest BCUT2D eigenvalue weighted by molar-refractivity contribution is -0.119. The smallest absolute Gasteiger partial charge is 0.340 e. The number of rotatable bonds is 7. The highest BCUT2D eigenvalue weighted by Gasteiger charge is 2.16. The Morgan fingerprint density at radius 3 is 2.41 bits per heavy atom. The van der Waals surface area contributed by atoms with Crippen molar-refractivity contribution in [3.8, 4) is 0 Å². The molecule has 0 atom stereocenters. The van der Waals surface area contributed by atoms with E-state index in [1.54, 1.807) is 24.3 Å². The molecule has 3 rings (SSSR count). The number of anilines is 2. The van der Waals surface area contributed by atoms with E-state index in [0.717, 1.165) is 23.3 Å². The van der Waals surface area contributed by atoms with Gasteiger partial charge in [0.05, 0.1) is 16.8 Å². The van der Waals surface area contributed by atoms with E-state index in [1.807, 2.05) is 31.2 Å². The van der Waals surface area contributed by atoms with Gasteiger partial charge in [-0.1, -0.05) is 42.0 Å². The van der Waals surface area contributed by atoms with Crippen molar-refractivity contribution in [3.05, 3.63) is 94.8 Å². The quantitative estimate of drug-likeness (QED) is 0.389. The lowest BCUT2D eigenvalue weighted by atomic mass is 10.1. The molecule has 164 valence electrons. The SMILES string of the molecule is Cc1ccc(CNC(=O)c2ccccc2NC(=O)COC(=O)c2ccc(F)cc2N)cc1. The molecule has 32 heavy (non-hydrogen) atoms. The lowest BCUT2D eigenvalue weighted by Crippen LogP contribution is -2.26. The van der Waals surface area contributed by atoms with Gasteiger partial charge < -0.3 is 21.1 Å². The summed E-state index contributed by atoms with van der Waals surface area (Å²) in [5.41, 5.74) is 8.06. The van der Waals surface area contributed by atoms with E-state index < -0.39 is 24.3 Å². The molecule has 0 saturated heterocycles. The molecule has 3 aromatic carbocycles. The van der Waals surface area contributed by atoms with E-state index in [0.29, 0.717) is 6.54 Å². The average molecular weight is 435 g/mol. The van der Waals surface area contributed by atoms with E-state index >= 15 is 0 Å². The number of nitrogens with two attached hydrogens (primary N) is 1. The van der Waals surface area contributed by atoms with Gasteiger partial charge in [-0.25, -0.2) is 9.18 Å². The first kappa shape index (κ1) is 22.5. The van der Waals surface area contributed by atoms with Crippen LogP contribution in [0.3, 0.4) is 0 Å². The summed E-state index contributed by atoms with van der Waals surface area (Å²) < 4.78 is 18.1. The standard InChI is InChI=1S/C24H22FN3O4/c1-15-6-8-16(9-7-15)13-27-23(30)19-4-2-3-5-21(19)28-22(29)14-32-24(31)18-11-10-17(25)12-20(18)26/h2-12H,13-14,26H2,1H3,(H,27,30)(H,28,29). The highest BCUT2D eigenvalue weighted by Crippen LogP contribution is 2.17. The number of aryl methyl sites for hydroxylation is 1. The van der Waals surface area contributed by atoms with Crippen molar-refractivity contribution >= 4 is 29.2 Å². The molecule has 0 radical (unpaired) electrons. The molecule has 0 fully saturated rings. The fraction of sp³-hybridized carbons (Fsp3) is 0.125. The van der Waals surface area contributed by atoms with Gasteiger partial charge in [0, 0.05) is 12.2 Å².